The third-order valence-corrected chi connectivity index (χ3v) is 4.66. The number of carboxylic acid groups (broad SMARTS) is 2. The van der Waals surface area contributed by atoms with Gasteiger partial charge in [0.25, 0.3) is 0 Å². The molecule has 1 heterocycles. The Morgan fingerprint density at radius 3 is 2.38 bits per heavy atom. The van der Waals surface area contributed by atoms with Gasteiger partial charge >= 0.3 is 11.9 Å². The van der Waals surface area contributed by atoms with E-state index in [9.17, 15) is 9.59 Å². The summed E-state index contributed by atoms with van der Waals surface area (Å²) in [5.74, 6) is -1.56. The summed E-state index contributed by atoms with van der Waals surface area (Å²) in [5, 5.41) is 25.5. The molecule has 0 bridgehead atoms. The molecule has 3 aromatic rings. The molecular formula is C22H23NO5S. The minimum Gasteiger partial charge on any atom is -0.485 e. The van der Waals surface area contributed by atoms with Crippen LogP contribution in [0.15, 0.2) is 71.4 Å². The lowest BCUT2D eigenvalue weighted by molar-refractivity contribution is -0.134. The van der Waals surface area contributed by atoms with Crippen LogP contribution in [0.5, 0.6) is 5.75 Å². The Morgan fingerprint density at radius 2 is 1.76 bits per heavy atom. The van der Waals surface area contributed by atoms with Crippen molar-refractivity contribution in [2.24, 2.45) is 0 Å². The van der Waals surface area contributed by atoms with Crippen LogP contribution in [0.4, 0.5) is 0 Å². The fraction of sp³-hybridized carbons (Fsp3) is 0.182. The van der Waals surface area contributed by atoms with Crippen LogP contribution in [0.3, 0.4) is 0 Å². The number of ether oxygens (including phenoxy) is 1. The first kappa shape index (κ1) is 22.1. The van der Waals surface area contributed by atoms with E-state index in [-0.39, 0.29) is 6.10 Å². The van der Waals surface area contributed by atoms with Gasteiger partial charge in [0, 0.05) is 29.5 Å². The first-order valence-corrected chi connectivity index (χ1v) is 9.90. The maximum Gasteiger partial charge on any atom is 0.328 e. The number of hydrogen-bond donors (Lipinski definition) is 3. The van der Waals surface area contributed by atoms with Crippen molar-refractivity contribution in [1.29, 1.82) is 0 Å². The summed E-state index contributed by atoms with van der Waals surface area (Å²) in [5.41, 5.74) is 1.25. The first-order chi connectivity index (χ1) is 14.0. The summed E-state index contributed by atoms with van der Waals surface area (Å²) in [7, 11) is 1.97. The smallest absolute Gasteiger partial charge is 0.328 e. The predicted octanol–water partition coefficient (Wildman–Crippen LogP) is 4.34. The maximum atomic E-state index is 9.55. The van der Waals surface area contributed by atoms with Crippen LogP contribution in [0.1, 0.15) is 18.1 Å². The average molecular weight is 413 g/mol. The van der Waals surface area contributed by atoms with Gasteiger partial charge in [-0.2, -0.15) is 11.3 Å². The lowest BCUT2D eigenvalue weighted by Gasteiger charge is -2.19. The second-order valence-corrected chi connectivity index (χ2v) is 6.82. The zero-order valence-corrected chi connectivity index (χ0v) is 16.8. The van der Waals surface area contributed by atoms with E-state index in [1.165, 1.54) is 16.3 Å². The molecule has 3 rings (SSSR count). The topological polar surface area (TPSA) is 95.9 Å². The number of hydrogen-bond acceptors (Lipinski definition) is 5. The maximum absolute atomic E-state index is 9.55. The highest BCUT2D eigenvalue weighted by atomic mass is 32.1. The molecule has 3 N–H and O–H groups in total. The zero-order chi connectivity index (χ0) is 21.1. The Hall–Kier alpha value is -3.16. The van der Waals surface area contributed by atoms with Gasteiger partial charge in [-0.25, -0.2) is 9.59 Å². The number of benzene rings is 2. The highest BCUT2D eigenvalue weighted by Gasteiger charge is 2.14. The lowest BCUT2D eigenvalue weighted by atomic mass is 10.1. The van der Waals surface area contributed by atoms with Gasteiger partial charge in [0.1, 0.15) is 11.9 Å². The molecule has 0 aliphatic heterocycles. The molecule has 1 atom stereocenters. The largest absolute Gasteiger partial charge is 0.485 e. The van der Waals surface area contributed by atoms with E-state index in [1.807, 2.05) is 7.05 Å². The summed E-state index contributed by atoms with van der Waals surface area (Å²) < 4.78 is 6.34. The number of rotatable bonds is 8. The van der Waals surface area contributed by atoms with Crippen molar-refractivity contribution in [2.75, 3.05) is 13.6 Å². The molecule has 6 nitrogen and oxygen atoms in total. The van der Waals surface area contributed by atoms with Crippen molar-refractivity contribution in [3.05, 3.63) is 77.0 Å². The third-order valence-electron chi connectivity index (χ3n) is 3.96. The molecule has 29 heavy (non-hydrogen) atoms. The average Bonchev–Trinajstić information content (AvgIpc) is 3.25. The van der Waals surface area contributed by atoms with Crippen molar-refractivity contribution in [2.45, 2.75) is 12.5 Å². The van der Waals surface area contributed by atoms with Gasteiger partial charge in [-0.15, -0.1) is 0 Å². The molecule has 2 aromatic carbocycles. The van der Waals surface area contributed by atoms with Gasteiger partial charge < -0.3 is 20.3 Å². The lowest BCUT2D eigenvalue weighted by Crippen LogP contribution is -2.16. The van der Waals surface area contributed by atoms with Crippen molar-refractivity contribution >= 4 is 34.0 Å². The van der Waals surface area contributed by atoms with E-state index in [0.717, 1.165) is 18.7 Å². The van der Waals surface area contributed by atoms with Crippen LogP contribution < -0.4 is 10.1 Å². The quantitative estimate of drug-likeness (QED) is 0.476. The molecule has 0 aliphatic rings. The van der Waals surface area contributed by atoms with E-state index in [1.54, 1.807) is 11.3 Å². The number of nitrogens with one attached hydrogen (secondary N) is 1. The van der Waals surface area contributed by atoms with E-state index in [2.05, 4.69) is 64.6 Å². The van der Waals surface area contributed by atoms with Gasteiger partial charge in [-0.3, -0.25) is 0 Å². The Kier molecular flexibility index (Phi) is 8.88. The van der Waals surface area contributed by atoms with Crippen LogP contribution in [0.2, 0.25) is 0 Å². The zero-order valence-electron chi connectivity index (χ0n) is 15.9. The van der Waals surface area contributed by atoms with E-state index in [4.69, 9.17) is 14.9 Å². The minimum absolute atomic E-state index is 0.0921. The summed E-state index contributed by atoms with van der Waals surface area (Å²) >= 11 is 1.72. The fourth-order valence-electron chi connectivity index (χ4n) is 2.62. The Labute approximate surface area is 173 Å². The standard InChI is InChI=1S/C18H19NOS.C4H4O4/c1-19-11-9-17(15-10-12-21-13-15)20-18-8-4-6-14-5-2-3-7-16(14)18;5-3(6)1-2-4(7)8/h2-8,10,12-13,17,19H,9,11H2,1H3;1-2H,(H,5,6)(H,7,8)/b;2-1-/t17-;/m0./s1. The van der Waals surface area contributed by atoms with Crippen LogP contribution in [0, 0.1) is 0 Å². The molecule has 152 valence electrons. The van der Waals surface area contributed by atoms with Crippen LogP contribution in [-0.4, -0.2) is 35.7 Å². The Bertz CT molecular complexity index is 932. The molecule has 0 amide bonds. The second kappa shape index (κ2) is 11.6. The van der Waals surface area contributed by atoms with Crippen LogP contribution in [-0.2, 0) is 9.59 Å². The van der Waals surface area contributed by atoms with Crippen LogP contribution in [0.25, 0.3) is 10.8 Å². The van der Waals surface area contributed by atoms with Gasteiger partial charge in [-0.05, 0) is 41.9 Å². The summed E-state index contributed by atoms with van der Waals surface area (Å²) in [6.45, 7) is 0.936. The van der Waals surface area contributed by atoms with E-state index >= 15 is 0 Å². The second-order valence-electron chi connectivity index (χ2n) is 6.04. The molecule has 0 spiro atoms. The van der Waals surface area contributed by atoms with Gasteiger partial charge in [0.05, 0.1) is 0 Å². The number of fused-ring (bicyclic) bond motifs is 1. The molecule has 0 unspecified atom stereocenters. The van der Waals surface area contributed by atoms with Crippen molar-refractivity contribution in [3.8, 4) is 5.75 Å². The monoisotopic (exact) mass is 413 g/mol. The molecule has 0 radical (unpaired) electrons. The highest BCUT2D eigenvalue weighted by molar-refractivity contribution is 7.07. The van der Waals surface area contributed by atoms with Crippen molar-refractivity contribution in [1.82, 2.24) is 5.32 Å². The number of carboxylic acids is 2. The summed E-state index contributed by atoms with van der Waals surface area (Å²) in [6.07, 6.45) is 2.16. The molecule has 0 saturated heterocycles. The number of carbonyl (C=O) groups is 2. The normalized spacial score (nSPS) is 11.6. The van der Waals surface area contributed by atoms with E-state index in [0.29, 0.717) is 12.2 Å². The summed E-state index contributed by atoms with van der Waals surface area (Å²) in [4.78, 5) is 19.1. The molecule has 0 saturated carbocycles. The number of thiophene rings is 1. The van der Waals surface area contributed by atoms with Crippen LogP contribution >= 0.6 is 11.3 Å². The fourth-order valence-corrected chi connectivity index (χ4v) is 3.32. The van der Waals surface area contributed by atoms with Crippen molar-refractivity contribution in [3.63, 3.8) is 0 Å². The third kappa shape index (κ3) is 7.40. The number of aliphatic carboxylic acids is 2. The van der Waals surface area contributed by atoms with Gasteiger partial charge in [0.2, 0.25) is 0 Å². The Morgan fingerprint density at radius 1 is 1.07 bits per heavy atom. The highest BCUT2D eigenvalue weighted by Crippen LogP contribution is 2.31. The first-order valence-electron chi connectivity index (χ1n) is 8.96. The predicted molar refractivity (Wildman–Crippen MR) is 115 cm³/mol. The molecular weight excluding hydrogens is 390 g/mol. The summed E-state index contributed by atoms with van der Waals surface area (Å²) in [6, 6.07) is 16.7. The van der Waals surface area contributed by atoms with Gasteiger partial charge in [-0.1, -0.05) is 36.4 Å². The molecule has 0 fully saturated rings. The molecule has 1 aromatic heterocycles. The minimum atomic E-state index is -1.26. The Balaban J connectivity index is 0.000000321. The molecule has 0 aliphatic carbocycles. The SMILES string of the molecule is CNCC[C@H](Oc1cccc2ccccc12)c1ccsc1.O=C(O)/C=C\C(=O)O. The van der Waals surface area contributed by atoms with Crippen molar-refractivity contribution < 1.29 is 24.5 Å². The van der Waals surface area contributed by atoms with Gasteiger partial charge in [0.15, 0.2) is 0 Å². The van der Waals surface area contributed by atoms with E-state index < -0.39 is 11.9 Å². The molecule has 7 heteroatoms.